The molecule has 0 aliphatic heterocycles. The first kappa shape index (κ1) is 18.6. The Morgan fingerprint density at radius 3 is 2.24 bits per heavy atom. The second-order valence-electron chi connectivity index (χ2n) is 5.52. The lowest BCUT2D eigenvalue weighted by atomic mass is 10.1. The standard InChI is InChI=1S/C16H17N3O5S/c1-11-4-7-13(10-15(11)19(21)22)17-16(20)12-5-8-14(9-6-12)25(23,24)18(2)3/h4-10H,1-3H3,(H,17,20). The number of sulfonamides is 1. The number of nitrogens with one attached hydrogen (secondary N) is 1. The summed E-state index contributed by atoms with van der Waals surface area (Å²) in [5, 5.41) is 13.5. The van der Waals surface area contributed by atoms with Crippen molar-refractivity contribution >= 4 is 27.3 Å². The van der Waals surface area contributed by atoms with Gasteiger partial charge in [0.25, 0.3) is 11.6 Å². The van der Waals surface area contributed by atoms with E-state index in [1.807, 2.05) is 0 Å². The van der Waals surface area contributed by atoms with Crippen LogP contribution in [0.2, 0.25) is 0 Å². The number of rotatable bonds is 5. The van der Waals surface area contributed by atoms with Crippen LogP contribution in [0.15, 0.2) is 47.4 Å². The molecular formula is C16H17N3O5S. The van der Waals surface area contributed by atoms with Gasteiger partial charge in [0.2, 0.25) is 10.0 Å². The predicted molar refractivity (Wildman–Crippen MR) is 93.1 cm³/mol. The number of carbonyl (C=O) groups is 1. The number of carbonyl (C=O) groups excluding carboxylic acids is 1. The summed E-state index contributed by atoms with van der Waals surface area (Å²) in [6.07, 6.45) is 0. The SMILES string of the molecule is Cc1ccc(NC(=O)c2ccc(S(=O)(=O)N(C)C)cc2)cc1[N+](=O)[O-]. The summed E-state index contributed by atoms with van der Waals surface area (Å²) in [7, 11) is -0.738. The summed E-state index contributed by atoms with van der Waals surface area (Å²) in [5.74, 6) is -0.494. The number of hydrogen-bond acceptors (Lipinski definition) is 5. The van der Waals surface area contributed by atoms with Crippen molar-refractivity contribution in [1.29, 1.82) is 0 Å². The van der Waals surface area contributed by atoms with E-state index in [0.29, 0.717) is 5.56 Å². The van der Waals surface area contributed by atoms with Crippen molar-refractivity contribution in [1.82, 2.24) is 4.31 Å². The lowest BCUT2D eigenvalue weighted by Crippen LogP contribution is -2.22. The molecule has 0 heterocycles. The number of benzene rings is 2. The zero-order chi connectivity index (χ0) is 18.8. The minimum absolute atomic E-state index is 0.0695. The van der Waals surface area contributed by atoms with Crippen molar-refractivity contribution in [3.8, 4) is 0 Å². The maximum Gasteiger partial charge on any atom is 0.274 e. The van der Waals surface area contributed by atoms with Gasteiger partial charge in [-0.15, -0.1) is 0 Å². The van der Waals surface area contributed by atoms with Gasteiger partial charge in [-0.25, -0.2) is 12.7 Å². The summed E-state index contributed by atoms with van der Waals surface area (Å²) in [4.78, 5) is 22.7. The molecule has 0 atom stereocenters. The maximum atomic E-state index is 12.2. The Labute approximate surface area is 145 Å². The third-order valence-corrected chi connectivity index (χ3v) is 5.39. The second-order valence-corrected chi connectivity index (χ2v) is 7.68. The summed E-state index contributed by atoms with van der Waals surface area (Å²) < 4.78 is 25.1. The Morgan fingerprint density at radius 2 is 1.72 bits per heavy atom. The van der Waals surface area contributed by atoms with Crippen LogP contribution in [0.1, 0.15) is 15.9 Å². The van der Waals surface area contributed by atoms with E-state index in [1.165, 1.54) is 44.4 Å². The minimum Gasteiger partial charge on any atom is -0.322 e. The van der Waals surface area contributed by atoms with Gasteiger partial charge in [0, 0.05) is 37.0 Å². The largest absolute Gasteiger partial charge is 0.322 e. The van der Waals surface area contributed by atoms with E-state index in [2.05, 4.69) is 5.32 Å². The third-order valence-electron chi connectivity index (χ3n) is 3.56. The summed E-state index contributed by atoms with van der Waals surface area (Å²) >= 11 is 0. The molecule has 2 rings (SSSR count). The van der Waals surface area contributed by atoms with Gasteiger partial charge < -0.3 is 5.32 Å². The summed E-state index contributed by atoms with van der Waals surface area (Å²) in [5.41, 5.74) is 0.916. The van der Waals surface area contributed by atoms with E-state index in [4.69, 9.17) is 0 Å². The van der Waals surface area contributed by atoms with Gasteiger partial charge in [0.1, 0.15) is 0 Å². The number of amides is 1. The van der Waals surface area contributed by atoms with Crippen LogP contribution in [0.3, 0.4) is 0 Å². The Kier molecular flexibility index (Phi) is 5.19. The van der Waals surface area contributed by atoms with Gasteiger partial charge in [0.15, 0.2) is 0 Å². The first-order valence-electron chi connectivity index (χ1n) is 7.22. The Hall–Kier alpha value is -2.78. The fourth-order valence-corrected chi connectivity index (χ4v) is 2.98. The van der Waals surface area contributed by atoms with Crippen LogP contribution in [-0.2, 0) is 10.0 Å². The van der Waals surface area contributed by atoms with E-state index in [0.717, 1.165) is 4.31 Å². The molecule has 1 amide bonds. The highest BCUT2D eigenvalue weighted by molar-refractivity contribution is 7.89. The van der Waals surface area contributed by atoms with E-state index < -0.39 is 20.9 Å². The lowest BCUT2D eigenvalue weighted by Gasteiger charge is -2.11. The van der Waals surface area contributed by atoms with E-state index in [-0.39, 0.29) is 21.8 Å². The van der Waals surface area contributed by atoms with Crippen LogP contribution in [0.25, 0.3) is 0 Å². The van der Waals surface area contributed by atoms with Crippen LogP contribution in [0, 0.1) is 17.0 Å². The topological polar surface area (TPSA) is 110 Å². The molecule has 0 unspecified atom stereocenters. The van der Waals surface area contributed by atoms with E-state index in [1.54, 1.807) is 19.1 Å². The maximum absolute atomic E-state index is 12.2. The monoisotopic (exact) mass is 363 g/mol. The molecule has 0 fully saturated rings. The molecule has 0 aliphatic carbocycles. The average Bonchev–Trinajstić information content (AvgIpc) is 2.56. The number of aryl methyl sites for hydroxylation is 1. The van der Waals surface area contributed by atoms with Crippen LogP contribution in [0.4, 0.5) is 11.4 Å². The fourth-order valence-electron chi connectivity index (χ4n) is 2.08. The quantitative estimate of drug-likeness (QED) is 0.648. The first-order valence-corrected chi connectivity index (χ1v) is 8.66. The molecule has 0 saturated heterocycles. The van der Waals surface area contributed by atoms with Crippen LogP contribution < -0.4 is 5.32 Å². The second kappa shape index (κ2) is 6.99. The van der Waals surface area contributed by atoms with Crippen molar-refractivity contribution in [2.75, 3.05) is 19.4 Å². The molecule has 132 valence electrons. The number of nitro groups is 1. The van der Waals surface area contributed by atoms with Crippen molar-refractivity contribution < 1.29 is 18.1 Å². The normalized spacial score (nSPS) is 11.4. The highest BCUT2D eigenvalue weighted by Crippen LogP contribution is 2.23. The Morgan fingerprint density at radius 1 is 1.12 bits per heavy atom. The van der Waals surface area contributed by atoms with Crippen LogP contribution in [0.5, 0.6) is 0 Å². The Bertz CT molecular complexity index is 921. The van der Waals surface area contributed by atoms with Gasteiger partial charge in [-0.2, -0.15) is 0 Å². The van der Waals surface area contributed by atoms with Gasteiger partial charge >= 0.3 is 0 Å². The molecule has 9 heteroatoms. The molecular weight excluding hydrogens is 346 g/mol. The highest BCUT2D eigenvalue weighted by Gasteiger charge is 2.18. The van der Waals surface area contributed by atoms with Gasteiger partial charge in [-0.05, 0) is 37.3 Å². The van der Waals surface area contributed by atoms with Gasteiger partial charge in [-0.3, -0.25) is 14.9 Å². The van der Waals surface area contributed by atoms with Gasteiger partial charge in [0.05, 0.1) is 9.82 Å². The molecule has 0 aliphatic rings. The lowest BCUT2D eigenvalue weighted by molar-refractivity contribution is -0.385. The summed E-state index contributed by atoms with van der Waals surface area (Å²) in [6.45, 7) is 1.60. The fraction of sp³-hybridized carbons (Fsp3) is 0.188. The zero-order valence-corrected chi connectivity index (χ0v) is 14.7. The molecule has 0 aromatic heterocycles. The molecule has 0 saturated carbocycles. The van der Waals surface area contributed by atoms with Crippen LogP contribution >= 0.6 is 0 Å². The molecule has 0 spiro atoms. The van der Waals surface area contributed by atoms with Crippen molar-refractivity contribution in [3.63, 3.8) is 0 Å². The third kappa shape index (κ3) is 4.01. The summed E-state index contributed by atoms with van der Waals surface area (Å²) in [6, 6.07) is 9.82. The highest BCUT2D eigenvalue weighted by atomic mass is 32.2. The molecule has 2 aromatic rings. The molecule has 25 heavy (non-hydrogen) atoms. The molecule has 0 radical (unpaired) electrons. The molecule has 8 nitrogen and oxygen atoms in total. The van der Waals surface area contributed by atoms with E-state index in [9.17, 15) is 23.3 Å². The number of nitrogens with zero attached hydrogens (tertiary/aromatic N) is 2. The smallest absolute Gasteiger partial charge is 0.274 e. The molecule has 1 N–H and O–H groups in total. The van der Waals surface area contributed by atoms with E-state index >= 15 is 0 Å². The minimum atomic E-state index is -3.57. The number of hydrogen-bond donors (Lipinski definition) is 1. The van der Waals surface area contributed by atoms with Gasteiger partial charge in [-0.1, -0.05) is 6.07 Å². The molecule has 2 aromatic carbocycles. The predicted octanol–water partition coefficient (Wildman–Crippen LogP) is 2.41. The first-order chi connectivity index (χ1) is 11.6. The number of anilines is 1. The van der Waals surface area contributed by atoms with Crippen LogP contribution in [-0.4, -0.2) is 37.6 Å². The average molecular weight is 363 g/mol. The van der Waals surface area contributed by atoms with Crippen molar-refractivity contribution in [3.05, 3.63) is 63.7 Å². The van der Waals surface area contributed by atoms with Crippen molar-refractivity contribution in [2.24, 2.45) is 0 Å². The zero-order valence-electron chi connectivity index (χ0n) is 13.9. The van der Waals surface area contributed by atoms with Crippen molar-refractivity contribution in [2.45, 2.75) is 11.8 Å². The Balaban J connectivity index is 2.22. The molecule has 0 bridgehead atoms. The number of nitro benzene ring substituents is 1.